The van der Waals surface area contributed by atoms with Crippen LogP contribution in [0.2, 0.25) is 0 Å². The van der Waals surface area contributed by atoms with Gasteiger partial charge in [0.25, 0.3) is 0 Å². The van der Waals surface area contributed by atoms with Crippen LogP contribution in [0.1, 0.15) is 86.1 Å². The second-order valence-corrected chi connectivity index (χ2v) is 11.9. The second-order valence-electron chi connectivity index (χ2n) is 11.9. The number of esters is 2. The summed E-state index contributed by atoms with van der Waals surface area (Å²) in [6, 6.07) is 14.3. The molecule has 0 aromatic heterocycles. The van der Waals surface area contributed by atoms with Gasteiger partial charge in [-0.3, -0.25) is 9.59 Å². The summed E-state index contributed by atoms with van der Waals surface area (Å²) >= 11 is 0. The van der Waals surface area contributed by atoms with Gasteiger partial charge in [-0.05, 0) is 66.0 Å². The van der Waals surface area contributed by atoms with E-state index in [0.717, 1.165) is 46.6 Å². The van der Waals surface area contributed by atoms with Crippen molar-refractivity contribution in [2.24, 2.45) is 0 Å². The van der Waals surface area contributed by atoms with Gasteiger partial charge in [0.1, 0.15) is 22.7 Å². The lowest BCUT2D eigenvalue weighted by atomic mass is 9.97. The SMILES string of the molecule is CCCCCc1ccc2c(OCCC(=O)OC(C)(C)C)c3ccccc3c(OCCC(=O)OC(C)(C)C)c2c1. The number of hydrogen-bond donors (Lipinski definition) is 0. The molecule has 0 unspecified atom stereocenters. The number of benzene rings is 3. The van der Waals surface area contributed by atoms with Gasteiger partial charge in [0.2, 0.25) is 0 Å². The van der Waals surface area contributed by atoms with Crippen LogP contribution in [-0.4, -0.2) is 36.4 Å². The van der Waals surface area contributed by atoms with E-state index in [9.17, 15) is 9.59 Å². The third-order valence-electron chi connectivity index (χ3n) is 6.00. The summed E-state index contributed by atoms with van der Waals surface area (Å²) in [4.78, 5) is 24.6. The predicted octanol–water partition coefficient (Wildman–Crippen LogP) is 7.95. The van der Waals surface area contributed by atoms with E-state index in [2.05, 4.69) is 25.1 Å². The van der Waals surface area contributed by atoms with Gasteiger partial charge in [-0.15, -0.1) is 0 Å². The molecule has 6 nitrogen and oxygen atoms in total. The van der Waals surface area contributed by atoms with Crippen molar-refractivity contribution in [1.29, 1.82) is 0 Å². The van der Waals surface area contributed by atoms with Gasteiger partial charge >= 0.3 is 11.9 Å². The highest BCUT2D eigenvalue weighted by Gasteiger charge is 2.20. The molecule has 0 aliphatic heterocycles. The van der Waals surface area contributed by atoms with Crippen molar-refractivity contribution in [2.45, 2.75) is 98.2 Å². The van der Waals surface area contributed by atoms with Gasteiger partial charge in [-0.1, -0.05) is 56.2 Å². The molecule has 0 N–H and O–H groups in total. The molecule has 0 atom stereocenters. The Bertz CT molecular complexity index is 1280. The van der Waals surface area contributed by atoms with Crippen LogP contribution in [0.15, 0.2) is 42.5 Å². The van der Waals surface area contributed by atoms with Crippen LogP contribution in [0.5, 0.6) is 11.5 Å². The molecular weight excluding hydrogens is 492 g/mol. The molecule has 3 rings (SSSR count). The summed E-state index contributed by atoms with van der Waals surface area (Å²) in [5, 5.41) is 3.62. The van der Waals surface area contributed by atoms with Crippen molar-refractivity contribution < 1.29 is 28.5 Å². The maximum absolute atomic E-state index is 12.3. The van der Waals surface area contributed by atoms with Crippen LogP contribution >= 0.6 is 0 Å². The number of aryl methyl sites for hydroxylation is 1. The molecule has 0 aliphatic carbocycles. The van der Waals surface area contributed by atoms with Crippen molar-refractivity contribution in [3.8, 4) is 11.5 Å². The summed E-state index contributed by atoms with van der Waals surface area (Å²) in [6.45, 7) is 13.7. The molecule has 0 saturated heterocycles. The minimum Gasteiger partial charge on any atom is -0.492 e. The minimum atomic E-state index is -0.540. The molecule has 39 heavy (non-hydrogen) atoms. The second kappa shape index (κ2) is 13.2. The standard InChI is InChI=1S/C33H44O6/c1-8-9-10-13-23-16-17-26-27(22-23)31(37-21-19-29(35)39-33(5,6)7)25-15-12-11-14-24(25)30(26)36-20-18-28(34)38-32(2,3)4/h11-12,14-17,22H,8-10,13,18-21H2,1-7H3. The zero-order valence-electron chi connectivity index (χ0n) is 24.6. The summed E-state index contributed by atoms with van der Waals surface area (Å²) in [7, 11) is 0. The lowest BCUT2D eigenvalue weighted by Gasteiger charge is -2.21. The normalized spacial score (nSPS) is 12.0. The minimum absolute atomic E-state index is 0.149. The largest absolute Gasteiger partial charge is 0.492 e. The van der Waals surface area contributed by atoms with Crippen LogP contribution in [0.3, 0.4) is 0 Å². The van der Waals surface area contributed by atoms with E-state index in [1.165, 1.54) is 12.0 Å². The summed E-state index contributed by atoms with van der Waals surface area (Å²) < 4.78 is 23.5. The van der Waals surface area contributed by atoms with Gasteiger partial charge in [-0.25, -0.2) is 0 Å². The zero-order chi connectivity index (χ0) is 28.6. The van der Waals surface area contributed by atoms with Crippen molar-refractivity contribution in [2.75, 3.05) is 13.2 Å². The van der Waals surface area contributed by atoms with Crippen LogP contribution < -0.4 is 9.47 Å². The molecular formula is C33H44O6. The Morgan fingerprint density at radius 1 is 0.667 bits per heavy atom. The first-order valence-corrected chi connectivity index (χ1v) is 14.0. The first kappa shape index (κ1) is 30.3. The average molecular weight is 537 g/mol. The van der Waals surface area contributed by atoms with Gasteiger partial charge in [-0.2, -0.15) is 0 Å². The number of carbonyl (C=O) groups is 2. The van der Waals surface area contributed by atoms with Gasteiger partial charge in [0, 0.05) is 21.5 Å². The van der Waals surface area contributed by atoms with E-state index in [4.69, 9.17) is 18.9 Å². The Kier molecular flexibility index (Phi) is 10.2. The van der Waals surface area contributed by atoms with E-state index in [1.807, 2.05) is 65.8 Å². The van der Waals surface area contributed by atoms with Crippen LogP contribution in [0, 0.1) is 0 Å². The van der Waals surface area contributed by atoms with Crippen molar-refractivity contribution in [3.63, 3.8) is 0 Å². The third-order valence-corrected chi connectivity index (χ3v) is 6.00. The fourth-order valence-corrected chi connectivity index (χ4v) is 4.45. The van der Waals surface area contributed by atoms with E-state index in [0.29, 0.717) is 5.75 Å². The molecule has 0 amide bonds. The number of fused-ring (bicyclic) bond motifs is 2. The van der Waals surface area contributed by atoms with Gasteiger partial charge in [0.15, 0.2) is 0 Å². The van der Waals surface area contributed by atoms with Crippen LogP contribution in [0.4, 0.5) is 0 Å². The molecule has 0 aliphatic rings. The van der Waals surface area contributed by atoms with Gasteiger partial charge in [0.05, 0.1) is 26.1 Å². The number of carbonyl (C=O) groups excluding carboxylic acids is 2. The Morgan fingerprint density at radius 3 is 1.64 bits per heavy atom. The van der Waals surface area contributed by atoms with Crippen molar-refractivity contribution in [1.82, 2.24) is 0 Å². The fourth-order valence-electron chi connectivity index (χ4n) is 4.45. The maximum atomic E-state index is 12.3. The number of ether oxygens (including phenoxy) is 4. The lowest BCUT2D eigenvalue weighted by molar-refractivity contribution is -0.156. The van der Waals surface area contributed by atoms with Crippen molar-refractivity contribution in [3.05, 3.63) is 48.0 Å². The number of rotatable bonds is 12. The molecule has 0 spiro atoms. The van der Waals surface area contributed by atoms with E-state index >= 15 is 0 Å². The molecule has 0 bridgehead atoms. The molecule has 3 aromatic carbocycles. The Morgan fingerprint density at radius 2 is 1.15 bits per heavy atom. The monoisotopic (exact) mass is 536 g/mol. The molecule has 0 saturated carbocycles. The molecule has 212 valence electrons. The van der Waals surface area contributed by atoms with Crippen molar-refractivity contribution >= 4 is 33.5 Å². The number of hydrogen-bond acceptors (Lipinski definition) is 6. The van der Waals surface area contributed by atoms with Crippen LogP contribution in [-0.2, 0) is 25.5 Å². The highest BCUT2D eigenvalue weighted by atomic mass is 16.6. The Hall–Kier alpha value is -3.28. The van der Waals surface area contributed by atoms with Crippen LogP contribution in [0.25, 0.3) is 21.5 Å². The molecule has 3 aromatic rings. The first-order chi connectivity index (χ1) is 18.4. The van der Waals surface area contributed by atoms with E-state index in [1.54, 1.807) is 0 Å². The topological polar surface area (TPSA) is 71.1 Å². The van der Waals surface area contributed by atoms with E-state index in [-0.39, 0.29) is 38.0 Å². The highest BCUT2D eigenvalue weighted by molar-refractivity contribution is 6.11. The Balaban J connectivity index is 1.97. The average Bonchev–Trinajstić information content (AvgIpc) is 2.83. The summed E-state index contributed by atoms with van der Waals surface area (Å²) in [5.41, 5.74) is 0.147. The smallest absolute Gasteiger partial charge is 0.309 e. The summed E-state index contributed by atoms with van der Waals surface area (Å²) in [5.74, 6) is 0.847. The van der Waals surface area contributed by atoms with E-state index < -0.39 is 11.2 Å². The molecule has 6 heteroatoms. The molecule has 0 heterocycles. The maximum Gasteiger partial charge on any atom is 0.309 e. The first-order valence-electron chi connectivity index (χ1n) is 14.0. The zero-order valence-corrected chi connectivity index (χ0v) is 24.6. The molecule has 0 fully saturated rings. The third kappa shape index (κ3) is 9.15. The Labute approximate surface area is 233 Å². The van der Waals surface area contributed by atoms with Gasteiger partial charge < -0.3 is 18.9 Å². The quantitative estimate of drug-likeness (QED) is 0.133. The lowest BCUT2D eigenvalue weighted by Crippen LogP contribution is -2.25. The summed E-state index contributed by atoms with van der Waals surface area (Å²) in [6.07, 6.45) is 4.72. The predicted molar refractivity (Wildman–Crippen MR) is 157 cm³/mol. The fraction of sp³-hybridized carbons (Fsp3) is 0.515. The number of unbranched alkanes of at least 4 members (excludes halogenated alkanes) is 2. The molecule has 0 radical (unpaired) electrons. The highest BCUT2D eigenvalue weighted by Crippen LogP contribution is 2.43.